The SMILES string of the molecule is CCCCC(=O)N(C)C(C#N)c1ccccc1C. The number of unbranched alkanes of at least 4 members (excludes halogenated alkanes) is 1. The summed E-state index contributed by atoms with van der Waals surface area (Å²) in [6, 6.07) is 9.44. The van der Waals surface area contributed by atoms with Crippen molar-refractivity contribution in [2.45, 2.75) is 39.2 Å². The molecular weight excluding hydrogens is 224 g/mol. The van der Waals surface area contributed by atoms with Crippen molar-refractivity contribution < 1.29 is 4.79 Å². The van der Waals surface area contributed by atoms with E-state index in [1.165, 1.54) is 0 Å². The second kappa shape index (κ2) is 6.80. The molecule has 1 rings (SSSR count). The molecule has 0 aliphatic heterocycles. The van der Waals surface area contributed by atoms with Crippen LogP contribution >= 0.6 is 0 Å². The van der Waals surface area contributed by atoms with Gasteiger partial charge in [0.2, 0.25) is 5.91 Å². The number of carbonyl (C=O) groups is 1. The first-order chi connectivity index (χ1) is 8.61. The zero-order chi connectivity index (χ0) is 13.5. The van der Waals surface area contributed by atoms with Gasteiger partial charge in [0.25, 0.3) is 0 Å². The van der Waals surface area contributed by atoms with Crippen molar-refractivity contribution in [3.63, 3.8) is 0 Å². The lowest BCUT2D eigenvalue weighted by Gasteiger charge is -2.24. The molecule has 1 amide bonds. The molecule has 1 unspecified atom stereocenters. The minimum Gasteiger partial charge on any atom is -0.326 e. The van der Waals surface area contributed by atoms with E-state index in [1.807, 2.05) is 31.2 Å². The fourth-order valence-electron chi connectivity index (χ4n) is 1.91. The third-order valence-corrected chi connectivity index (χ3v) is 3.13. The van der Waals surface area contributed by atoms with Crippen LogP contribution in [0.4, 0.5) is 0 Å². The zero-order valence-corrected chi connectivity index (χ0v) is 11.3. The second-order valence-corrected chi connectivity index (χ2v) is 4.50. The number of carbonyl (C=O) groups excluding carboxylic acids is 1. The summed E-state index contributed by atoms with van der Waals surface area (Å²) in [7, 11) is 1.71. The first-order valence-electron chi connectivity index (χ1n) is 6.32. The molecule has 3 heteroatoms. The van der Waals surface area contributed by atoms with Crippen molar-refractivity contribution >= 4 is 5.91 Å². The lowest BCUT2D eigenvalue weighted by Crippen LogP contribution is -2.30. The van der Waals surface area contributed by atoms with Crippen LogP contribution < -0.4 is 0 Å². The molecule has 0 radical (unpaired) electrons. The van der Waals surface area contributed by atoms with Crippen LogP contribution in [0.1, 0.15) is 43.4 Å². The molecule has 1 atom stereocenters. The smallest absolute Gasteiger partial charge is 0.223 e. The maximum Gasteiger partial charge on any atom is 0.223 e. The van der Waals surface area contributed by atoms with Crippen LogP contribution in [0, 0.1) is 18.3 Å². The summed E-state index contributed by atoms with van der Waals surface area (Å²) in [5.74, 6) is 0.0339. The summed E-state index contributed by atoms with van der Waals surface area (Å²) < 4.78 is 0. The van der Waals surface area contributed by atoms with Gasteiger partial charge in [-0.25, -0.2) is 0 Å². The number of nitriles is 1. The van der Waals surface area contributed by atoms with E-state index >= 15 is 0 Å². The molecule has 18 heavy (non-hydrogen) atoms. The molecule has 0 spiro atoms. The Kier molecular flexibility index (Phi) is 5.38. The van der Waals surface area contributed by atoms with E-state index in [0.717, 1.165) is 24.0 Å². The van der Waals surface area contributed by atoms with Gasteiger partial charge >= 0.3 is 0 Å². The topological polar surface area (TPSA) is 44.1 Å². The van der Waals surface area contributed by atoms with Gasteiger partial charge in [-0.05, 0) is 24.5 Å². The predicted molar refractivity (Wildman–Crippen MR) is 71.8 cm³/mol. The van der Waals surface area contributed by atoms with E-state index in [-0.39, 0.29) is 5.91 Å². The largest absolute Gasteiger partial charge is 0.326 e. The van der Waals surface area contributed by atoms with Crippen LogP contribution in [0.25, 0.3) is 0 Å². The molecule has 1 aromatic rings. The van der Waals surface area contributed by atoms with Gasteiger partial charge in [0.05, 0.1) is 6.07 Å². The van der Waals surface area contributed by atoms with Crippen LogP contribution in [0.5, 0.6) is 0 Å². The molecule has 0 saturated heterocycles. The number of aryl methyl sites for hydroxylation is 1. The quantitative estimate of drug-likeness (QED) is 0.798. The van der Waals surface area contributed by atoms with Gasteiger partial charge in [-0.15, -0.1) is 0 Å². The summed E-state index contributed by atoms with van der Waals surface area (Å²) in [6.45, 7) is 4.01. The van der Waals surface area contributed by atoms with Crippen LogP contribution in [0.15, 0.2) is 24.3 Å². The van der Waals surface area contributed by atoms with Crippen molar-refractivity contribution in [2.24, 2.45) is 0 Å². The first-order valence-corrected chi connectivity index (χ1v) is 6.32. The van der Waals surface area contributed by atoms with E-state index < -0.39 is 6.04 Å². The van der Waals surface area contributed by atoms with Gasteiger partial charge in [-0.2, -0.15) is 5.26 Å². The molecule has 96 valence electrons. The summed E-state index contributed by atoms with van der Waals surface area (Å²) in [5, 5.41) is 9.30. The summed E-state index contributed by atoms with van der Waals surface area (Å²) in [6.07, 6.45) is 2.37. The van der Waals surface area contributed by atoms with Gasteiger partial charge in [-0.3, -0.25) is 4.79 Å². The molecule has 1 aromatic carbocycles. The van der Waals surface area contributed by atoms with E-state index in [2.05, 4.69) is 13.0 Å². The molecule has 0 bridgehead atoms. The fourth-order valence-corrected chi connectivity index (χ4v) is 1.91. The minimum atomic E-state index is -0.490. The summed E-state index contributed by atoms with van der Waals surface area (Å²) >= 11 is 0. The monoisotopic (exact) mass is 244 g/mol. The Labute approximate surface area is 109 Å². The lowest BCUT2D eigenvalue weighted by molar-refractivity contribution is -0.131. The molecule has 0 N–H and O–H groups in total. The van der Waals surface area contributed by atoms with Crippen molar-refractivity contribution in [3.05, 3.63) is 35.4 Å². The number of hydrogen-bond donors (Lipinski definition) is 0. The van der Waals surface area contributed by atoms with Crippen molar-refractivity contribution in [1.29, 1.82) is 5.26 Å². The predicted octanol–water partition coefficient (Wildman–Crippen LogP) is 3.21. The molecule has 0 aromatic heterocycles. The average molecular weight is 244 g/mol. The molecule has 0 aliphatic rings. The first kappa shape index (κ1) is 14.2. The molecular formula is C15H20N2O. The van der Waals surface area contributed by atoms with E-state index in [4.69, 9.17) is 0 Å². The van der Waals surface area contributed by atoms with Crippen LogP contribution in [0.3, 0.4) is 0 Å². The van der Waals surface area contributed by atoms with Crippen molar-refractivity contribution in [1.82, 2.24) is 4.90 Å². The lowest BCUT2D eigenvalue weighted by atomic mass is 10.0. The van der Waals surface area contributed by atoms with Gasteiger partial charge in [0.1, 0.15) is 6.04 Å². The minimum absolute atomic E-state index is 0.0339. The third-order valence-electron chi connectivity index (χ3n) is 3.13. The number of nitrogens with zero attached hydrogens (tertiary/aromatic N) is 2. The Hall–Kier alpha value is -1.82. The van der Waals surface area contributed by atoms with E-state index in [1.54, 1.807) is 11.9 Å². The highest BCUT2D eigenvalue weighted by atomic mass is 16.2. The van der Waals surface area contributed by atoms with Crippen LogP contribution in [0.2, 0.25) is 0 Å². The molecule has 0 aliphatic carbocycles. The summed E-state index contributed by atoms with van der Waals surface area (Å²) in [4.78, 5) is 13.5. The second-order valence-electron chi connectivity index (χ2n) is 4.50. The Morgan fingerprint density at radius 2 is 2.11 bits per heavy atom. The van der Waals surface area contributed by atoms with Gasteiger partial charge in [0.15, 0.2) is 0 Å². The highest BCUT2D eigenvalue weighted by molar-refractivity contribution is 5.76. The highest BCUT2D eigenvalue weighted by Gasteiger charge is 2.21. The van der Waals surface area contributed by atoms with Crippen LogP contribution in [-0.2, 0) is 4.79 Å². The molecule has 0 fully saturated rings. The maximum absolute atomic E-state index is 12.0. The van der Waals surface area contributed by atoms with Gasteiger partial charge in [0, 0.05) is 13.5 Å². The fraction of sp³-hybridized carbons (Fsp3) is 0.467. The standard InChI is InChI=1S/C15H20N2O/c1-4-5-10-15(18)17(3)14(11-16)13-9-7-6-8-12(13)2/h6-9,14H,4-5,10H2,1-3H3. The normalized spacial score (nSPS) is 11.7. The van der Waals surface area contributed by atoms with Crippen molar-refractivity contribution in [3.8, 4) is 6.07 Å². The number of benzene rings is 1. The Balaban J connectivity index is 2.88. The maximum atomic E-state index is 12.0. The number of amides is 1. The van der Waals surface area contributed by atoms with Crippen molar-refractivity contribution in [2.75, 3.05) is 7.05 Å². The highest BCUT2D eigenvalue weighted by Crippen LogP contribution is 2.22. The molecule has 3 nitrogen and oxygen atoms in total. The third kappa shape index (κ3) is 3.33. The molecule has 0 saturated carbocycles. The number of hydrogen-bond acceptors (Lipinski definition) is 2. The van der Waals surface area contributed by atoms with Crippen LogP contribution in [-0.4, -0.2) is 17.9 Å². The Bertz CT molecular complexity index is 448. The van der Waals surface area contributed by atoms with E-state index in [0.29, 0.717) is 6.42 Å². The Morgan fingerprint density at radius 1 is 1.44 bits per heavy atom. The van der Waals surface area contributed by atoms with Gasteiger partial charge < -0.3 is 4.90 Å². The average Bonchev–Trinajstić information content (AvgIpc) is 2.38. The number of rotatable bonds is 5. The zero-order valence-electron chi connectivity index (χ0n) is 11.3. The summed E-state index contributed by atoms with van der Waals surface area (Å²) in [5.41, 5.74) is 1.95. The Morgan fingerprint density at radius 3 is 2.67 bits per heavy atom. The van der Waals surface area contributed by atoms with Gasteiger partial charge in [-0.1, -0.05) is 37.6 Å². The van der Waals surface area contributed by atoms with E-state index in [9.17, 15) is 10.1 Å². The molecule has 0 heterocycles.